The molecule has 1 fully saturated rings. The summed E-state index contributed by atoms with van der Waals surface area (Å²) in [4.78, 5) is 18.6. The largest absolute Gasteiger partial charge is 0.358 e. The number of rotatable bonds is 3. The van der Waals surface area contributed by atoms with Gasteiger partial charge >= 0.3 is 0 Å². The maximum absolute atomic E-state index is 12.0. The van der Waals surface area contributed by atoms with Gasteiger partial charge in [-0.15, -0.1) is 0 Å². The fourth-order valence-corrected chi connectivity index (χ4v) is 4.39. The van der Waals surface area contributed by atoms with Crippen LogP contribution in [-0.4, -0.2) is 39.0 Å². The molecule has 1 N–H and O–H groups in total. The van der Waals surface area contributed by atoms with Crippen LogP contribution in [0.25, 0.3) is 10.2 Å². The van der Waals surface area contributed by atoms with E-state index in [-0.39, 0.29) is 5.91 Å². The van der Waals surface area contributed by atoms with Crippen LogP contribution in [0.15, 0.2) is 18.2 Å². The molecule has 7 heteroatoms. The number of hydrogen-bond acceptors (Lipinski definition) is 5. The Morgan fingerprint density at radius 2 is 2.23 bits per heavy atom. The third-order valence-electron chi connectivity index (χ3n) is 3.48. The molecule has 3 rings (SSSR count). The number of anilines is 1. The topological polar surface area (TPSA) is 45.2 Å². The number of aryl methyl sites for hydroxylation is 1. The summed E-state index contributed by atoms with van der Waals surface area (Å²) in [6.07, 6.45) is 2.38. The van der Waals surface area contributed by atoms with Crippen molar-refractivity contribution in [3.63, 3.8) is 0 Å². The van der Waals surface area contributed by atoms with E-state index in [0.717, 1.165) is 27.6 Å². The summed E-state index contributed by atoms with van der Waals surface area (Å²) in [6, 6.07) is 6.09. The summed E-state index contributed by atoms with van der Waals surface area (Å²) in [5.41, 5.74) is 2.12. The minimum Gasteiger partial charge on any atom is -0.358 e. The molecule has 0 unspecified atom stereocenters. The fraction of sp³-hybridized carbons (Fsp3) is 0.400. The molecule has 0 spiro atoms. The van der Waals surface area contributed by atoms with Crippen molar-refractivity contribution in [3.05, 3.63) is 23.8 Å². The van der Waals surface area contributed by atoms with Gasteiger partial charge in [-0.3, -0.25) is 4.79 Å². The van der Waals surface area contributed by atoms with Gasteiger partial charge in [-0.2, -0.15) is 0 Å². The molecule has 1 amide bonds. The van der Waals surface area contributed by atoms with Gasteiger partial charge in [0.15, 0.2) is 5.13 Å². The number of thiazole rings is 1. The second-order valence-electron chi connectivity index (χ2n) is 5.29. The second-order valence-corrected chi connectivity index (χ2v) is 7.93. The highest BCUT2D eigenvalue weighted by Gasteiger charge is 2.16. The van der Waals surface area contributed by atoms with Gasteiger partial charge in [0, 0.05) is 13.1 Å². The lowest BCUT2D eigenvalue weighted by atomic mass is 10.2. The predicted molar refractivity (Wildman–Crippen MR) is 98.8 cm³/mol. The first-order chi connectivity index (χ1) is 10.6. The van der Waals surface area contributed by atoms with Gasteiger partial charge in [0.2, 0.25) is 5.91 Å². The molecule has 22 heavy (non-hydrogen) atoms. The maximum Gasteiger partial charge on any atom is 0.236 e. The summed E-state index contributed by atoms with van der Waals surface area (Å²) in [5.74, 6) is 0.284. The molecule has 0 aliphatic carbocycles. The SMILES string of the molecule is Cc1ccc2nc(NC(=O)CSC(=S)N3CCCC3)sc2c1. The van der Waals surface area contributed by atoms with Gasteiger partial charge < -0.3 is 10.2 Å². The first-order valence-corrected chi connectivity index (χ1v) is 9.41. The molecule has 4 nitrogen and oxygen atoms in total. The van der Waals surface area contributed by atoms with Crippen LogP contribution in [0.4, 0.5) is 5.13 Å². The summed E-state index contributed by atoms with van der Waals surface area (Å²) >= 11 is 8.30. The zero-order chi connectivity index (χ0) is 15.5. The van der Waals surface area contributed by atoms with E-state index in [4.69, 9.17) is 12.2 Å². The normalized spacial score (nSPS) is 14.5. The smallest absolute Gasteiger partial charge is 0.236 e. The summed E-state index contributed by atoms with van der Waals surface area (Å²) in [6.45, 7) is 4.09. The summed E-state index contributed by atoms with van der Waals surface area (Å²) < 4.78 is 1.92. The number of carbonyl (C=O) groups excluding carboxylic acids is 1. The zero-order valence-corrected chi connectivity index (χ0v) is 14.7. The Labute approximate surface area is 143 Å². The van der Waals surface area contributed by atoms with Crippen LogP contribution in [0.1, 0.15) is 18.4 Å². The van der Waals surface area contributed by atoms with E-state index in [2.05, 4.69) is 21.3 Å². The van der Waals surface area contributed by atoms with Crippen LogP contribution in [0, 0.1) is 6.92 Å². The van der Waals surface area contributed by atoms with Crippen molar-refractivity contribution in [2.45, 2.75) is 19.8 Å². The number of likely N-dealkylation sites (tertiary alicyclic amines) is 1. The Kier molecular flexibility index (Phi) is 4.95. The van der Waals surface area contributed by atoms with Crippen molar-refractivity contribution in [1.29, 1.82) is 0 Å². The van der Waals surface area contributed by atoms with Crippen LogP contribution in [0.3, 0.4) is 0 Å². The average molecular weight is 352 g/mol. The first-order valence-electron chi connectivity index (χ1n) is 7.20. The van der Waals surface area contributed by atoms with Gasteiger partial charge in [0.1, 0.15) is 4.32 Å². The molecule has 2 aromatic rings. The number of thiocarbonyl (C=S) groups is 1. The Morgan fingerprint density at radius 3 is 3.00 bits per heavy atom. The summed E-state index contributed by atoms with van der Waals surface area (Å²) in [5, 5.41) is 3.52. The lowest BCUT2D eigenvalue weighted by molar-refractivity contribution is -0.113. The molecular formula is C15H17N3OS3. The van der Waals surface area contributed by atoms with Crippen molar-refractivity contribution < 1.29 is 4.79 Å². The highest BCUT2D eigenvalue weighted by molar-refractivity contribution is 8.23. The average Bonchev–Trinajstić information content (AvgIpc) is 3.13. The fourth-order valence-electron chi connectivity index (χ4n) is 2.36. The van der Waals surface area contributed by atoms with Crippen molar-refractivity contribution in [3.8, 4) is 0 Å². The van der Waals surface area contributed by atoms with E-state index in [0.29, 0.717) is 10.9 Å². The highest BCUT2D eigenvalue weighted by Crippen LogP contribution is 2.26. The number of hydrogen-bond donors (Lipinski definition) is 1. The lowest BCUT2D eigenvalue weighted by Crippen LogP contribution is -2.25. The summed E-state index contributed by atoms with van der Waals surface area (Å²) in [7, 11) is 0. The molecule has 0 radical (unpaired) electrons. The van der Waals surface area contributed by atoms with Gasteiger partial charge in [-0.05, 0) is 37.5 Å². The number of aromatic nitrogens is 1. The third-order valence-corrected chi connectivity index (χ3v) is 5.94. The molecule has 0 atom stereocenters. The standard InChI is InChI=1S/C15H17N3OS3/c1-10-4-5-11-12(8-10)22-14(16-11)17-13(19)9-21-15(20)18-6-2-3-7-18/h4-5,8H,2-3,6-7,9H2,1H3,(H,16,17,19). The number of thioether (sulfide) groups is 1. The molecular weight excluding hydrogens is 334 g/mol. The molecule has 1 aromatic heterocycles. The van der Waals surface area contributed by atoms with Crippen molar-refractivity contribution in [2.75, 3.05) is 24.2 Å². The van der Waals surface area contributed by atoms with Crippen LogP contribution in [0.2, 0.25) is 0 Å². The number of carbonyl (C=O) groups is 1. The number of fused-ring (bicyclic) bond motifs is 1. The van der Waals surface area contributed by atoms with Gasteiger partial charge in [-0.25, -0.2) is 4.98 Å². The highest BCUT2D eigenvalue weighted by atomic mass is 32.2. The maximum atomic E-state index is 12.0. The van der Waals surface area contributed by atoms with Crippen LogP contribution in [0.5, 0.6) is 0 Å². The van der Waals surface area contributed by atoms with E-state index in [1.54, 1.807) is 0 Å². The Morgan fingerprint density at radius 1 is 1.45 bits per heavy atom. The van der Waals surface area contributed by atoms with Crippen molar-refractivity contribution in [1.82, 2.24) is 9.88 Å². The van der Waals surface area contributed by atoms with E-state index in [1.807, 2.05) is 19.1 Å². The molecule has 1 aromatic carbocycles. The Balaban J connectivity index is 1.55. The third kappa shape index (κ3) is 3.77. The zero-order valence-electron chi connectivity index (χ0n) is 12.3. The molecule has 116 valence electrons. The van der Waals surface area contributed by atoms with Crippen LogP contribution in [-0.2, 0) is 4.79 Å². The van der Waals surface area contributed by atoms with Gasteiger partial charge in [0.05, 0.1) is 16.0 Å². The molecule has 0 bridgehead atoms. The van der Waals surface area contributed by atoms with Gasteiger partial charge in [0.25, 0.3) is 0 Å². The number of nitrogens with one attached hydrogen (secondary N) is 1. The van der Waals surface area contributed by atoms with E-state index in [1.165, 1.54) is 41.5 Å². The van der Waals surface area contributed by atoms with Crippen LogP contribution < -0.4 is 5.32 Å². The van der Waals surface area contributed by atoms with Crippen molar-refractivity contribution in [2.24, 2.45) is 0 Å². The molecule has 0 saturated carbocycles. The molecule has 1 aliphatic rings. The van der Waals surface area contributed by atoms with E-state index in [9.17, 15) is 4.79 Å². The molecule has 1 aliphatic heterocycles. The Hall–Kier alpha value is -1.18. The second kappa shape index (κ2) is 6.93. The van der Waals surface area contributed by atoms with E-state index >= 15 is 0 Å². The minimum atomic E-state index is -0.0534. The minimum absolute atomic E-state index is 0.0534. The molecule has 1 saturated heterocycles. The number of nitrogens with zero attached hydrogens (tertiary/aromatic N) is 2. The lowest BCUT2D eigenvalue weighted by Gasteiger charge is -2.17. The van der Waals surface area contributed by atoms with E-state index < -0.39 is 0 Å². The predicted octanol–water partition coefficient (Wildman–Crippen LogP) is 3.66. The first kappa shape index (κ1) is 15.7. The van der Waals surface area contributed by atoms with Gasteiger partial charge in [-0.1, -0.05) is 41.4 Å². The molecule has 2 heterocycles. The number of benzene rings is 1. The number of amides is 1. The van der Waals surface area contributed by atoms with Crippen molar-refractivity contribution >= 4 is 60.9 Å². The quantitative estimate of drug-likeness (QED) is 0.855. The monoisotopic (exact) mass is 351 g/mol. The Bertz CT molecular complexity index is 707. The van der Waals surface area contributed by atoms with Crippen LogP contribution >= 0.6 is 35.3 Å².